The van der Waals surface area contributed by atoms with Gasteiger partial charge in [0.25, 0.3) is 0 Å². The minimum atomic E-state index is 1.10. The van der Waals surface area contributed by atoms with Crippen molar-refractivity contribution in [3.63, 3.8) is 0 Å². The summed E-state index contributed by atoms with van der Waals surface area (Å²) in [7, 11) is 0. The Morgan fingerprint density at radius 2 is 0.741 bits per heavy atom. The molecule has 1 aromatic heterocycles. The SMILES string of the molecule is c1ccc(-c2cc(-c3ccccc3)cc(-c3ccc(N(c4c(-c5ccccc5)c5ccccc5c5ccccc45)c4cccc5sc6ccccc6c45)cc3)c2)cc1. The fourth-order valence-electron chi connectivity index (χ4n) is 8.77. The molecule has 0 amide bonds. The highest BCUT2D eigenvalue weighted by molar-refractivity contribution is 7.26. The van der Waals surface area contributed by atoms with Gasteiger partial charge in [0.05, 0.1) is 11.4 Å². The van der Waals surface area contributed by atoms with Crippen molar-refractivity contribution in [2.75, 3.05) is 4.90 Å². The van der Waals surface area contributed by atoms with Gasteiger partial charge in [0, 0.05) is 36.8 Å². The van der Waals surface area contributed by atoms with Crippen molar-refractivity contribution in [3.8, 4) is 44.5 Å². The second kappa shape index (κ2) is 14.4. The van der Waals surface area contributed by atoms with Gasteiger partial charge in [-0.2, -0.15) is 0 Å². The highest BCUT2D eigenvalue weighted by Gasteiger charge is 2.25. The predicted molar refractivity (Wildman–Crippen MR) is 251 cm³/mol. The zero-order valence-corrected chi connectivity index (χ0v) is 32.5. The van der Waals surface area contributed by atoms with Gasteiger partial charge >= 0.3 is 0 Å². The van der Waals surface area contributed by atoms with Gasteiger partial charge in [-0.3, -0.25) is 0 Å². The molecule has 0 atom stereocenters. The maximum Gasteiger partial charge on any atom is 0.0625 e. The Bertz CT molecular complexity index is 3200. The van der Waals surface area contributed by atoms with E-state index in [4.69, 9.17) is 0 Å². The zero-order chi connectivity index (χ0) is 38.4. The maximum atomic E-state index is 2.54. The fourth-order valence-corrected chi connectivity index (χ4v) is 9.90. The van der Waals surface area contributed by atoms with E-state index in [1.165, 1.54) is 91.9 Å². The number of rotatable bonds is 7. The summed E-state index contributed by atoms with van der Waals surface area (Å²) in [4.78, 5) is 2.54. The number of hydrogen-bond acceptors (Lipinski definition) is 2. The van der Waals surface area contributed by atoms with Crippen LogP contribution in [0.3, 0.4) is 0 Å². The molecule has 1 heterocycles. The van der Waals surface area contributed by atoms with Crippen molar-refractivity contribution >= 4 is 70.1 Å². The molecule has 0 radical (unpaired) electrons. The summed E-state index contributed by atoms with van der Waals surface area (Å²) in [5, 5.41) is 7.48. The summed E-state index contributed by atoms with van der Waals surface area (Å²) in [5.74, 6) is 0. The molecule has 0 fully saturated rings. The first kappa shape index (κ1) is 34.0. The molecule has 0 saturated heterocycles. The topological polar surface area (TPSA) is 3.24 Å². The Balaban J connectivity index is 1.19. The molecule has 0 spiro atoms. The largest absolute Gasteiger partial charge is 0.309 e. The van der Waals surface area contributed by atoms with Crippen LogP contribution in [0.1, 0.15) is 0 Å². The summed E-state index contributed by atoms with van der Waals surface area (Å²) < 4.78 is 2.57. The first-order valence-electron chi connectivity index (χ1n) is 19.8. The Morgan fingerprint density at radius 1 is 0.293 bits per heavy atom. The van der Waals surface area contributed by atoms with Gasteiger partial charge in [0.15, 0.2) is 0 Å². The molecule has 11 rings (SSSR count). The lowest BCUT2D eigenvalue weighted by Gasteiger charge is -2.31. The van der Waals surface area contributed by atoms with Crippen molar-refractivity contribution in [3.05, 3.63) is 224 Å². The third-order valence-corrected chi connectivity index (χ3v) is 12.6. The van der Waals surface area contributed by atoms with Crippen molar-refractivity contribution in [2.45, 2.75) is 0 Å². The molecule has 11 aromatic rings. The Labute approximate surface area is 342 Å². The summed E-state index contributed by atoms with van der Waals surface area (Å²) >= 11 is 1.86. The molecule has 0 aliphatic carbocycles. The summed E-state index contributed by atoms with van der Waals surface area (Å²) in [6.45, 7) is 0. The summed E-state index contributed by atoms with van der Waals surface area (Å²) in [6, 6.07) is 82.0. The molecule has 58 heavy (non-hydrogen) atoms. The van der Waals surface area contributed by atoms with Crippen LogP contribution in [-0.2, 0) is 0 Å². The van der Waals surface area contributed by atoms with Crippen molar-refractivity contribution < 1.29 is 0 Å². The molecule has 0 saturated carbocycles. The smallest absolute Gasteiger partial charge is 0.0625 e. The predicted octanol–water partition coefficient (Wildman–Crippen LogP) is 16.5. The number of nitrogens with zero attached hydrogens (tertiary/aromatic N) is 1. The summed E-state index contributed by atoms with van der Waals surface area (Å²) in [5.41, 5.74) is 13.0. The van der Waals surface area contributed by atoms with Crippen LogP contribution in [0.25, 0.3) is 86.2 Å². The first-order valence-corrected chi connectivity index (χ1v) is 20.7. The Kier molecular flexibility index (Phi) is 8.42. The number of thiophene rings is 1. The van der Waals surface area contributed by atoms with Crippen molar-refractivity contribution in [1.82, 2.24) is 0 Å². The molecule has 0 aliphatic heterocycles. The standard InChI is InChI=1S/C56H37NS/c1-4-17-38(18-5-1)42-35-43(39-19-6-2-7-20-39)37-44(36-42)40-31-33-45(34-32-40)57(51-28-16-30-53-55(51)50-27-14-15-29-52(50)58-53)56-49-26-13-11-24-47(49)46-23-10-12-25-48(46)54(56)41-21-8-3-9-22-41/h1-37H. The second-order valence-corrected chi connectivity index (χ2v) is 15.9. The van der Waals surface area contributed by atoms with Crippen LogP contribution in [-0.4, -0.2) is 0 Å². The average Bonchev–Trinajstić information content (AvgIpc) is 3.70. The van der Waals surface area contributed by atoms with Crippen LogP contribution in [0.2, 0.25) is 0 Å². The van der Waals surface area contributed by atoms with Crippen LogP contribution in [0, 0.1) is 0 Å². The maximum absolute atomic E-state index is 2.54. The molecular formula is C56H37NS. The van der Waals surface area contributed by atoms with E-state index < -0.39 is 0 Å². The Hall–Kier alpha value is -7.26. The lowest BCUT2D eigenvalue weighted by atomic mass is 9.89. The van der Waals surface area contributed by atoms with Gasteiger partial charge in [0.2, 0.25) is 0 Å². The lowest BCUT2D eigenvalue weighted by molar-refractivity contribution is 1.32. The van der Waals surface area contributed by atoms with Gasteiger partial charge in [-0.05, 0) is 104 Å². The van der Waals surface area contributed by atoms with E-state index >= 15 is 0 Å². The van der Waals surface area contributed by atoms with Crippen LogP contribution in [0.5, 0.6) is 0 Å². The molecule has 272 valence electrons. The minimum Gasteiger partial charge on any atom is -0.309 e. The van der Waals surface area contributed by atoms with Gasteiger partial charge < -0.3 is 4.90 Å². The van der Waals surface area contributed by atoms with E-state index in [9.17, 15) is 0 Å². The molecule has 2 heteroatoms. The molecule has 0 N–H and O–H groups in total. The molecule has 0 unspecified atom stereocenters. The summed E-state index contributed by atoms with van der Waals surface area (Å²) in [6.07, 6.45) is 0. The Morgan fingerprint density at radius 3 is 1.34 bits per heavy atom. The third kappa shape index (κ3) is 5.86. The van der Waals surface area contributed by atoms with Crippen molar-refractivity contribution in [2.24, 2.45) is 0 Å². The quantitative estimate of drug-likeness (QED) is 0.146. The fraction of sp³-hybridized carbons (Fsp3) is 0. The van der Waals surface area contributed by atoms with Crippen LogP contribution in [0.15, 0.2) is 224 Å². The number of hydrogen-bond donors (Lipinski definition) is 0. The molecule has 0 aliphatic rings. The van der Waals surface area contributed by atoms with Gasteiger partial charge in [-0.1, -0.05) is 176 Å². The monoisotopic (exact) mass is 755 g/mol. The third-order valence-electron chi connectivity index (χ3n) is 11.4. The molecular weight excluding hydrogens is 719 g/mol. The number of benzene rings is 10. The molecule has 1 nitrogen and oxygen atoms in total. The normalized spacial score (nSPS) is 11.4. The van der Waals surface area contributed by atoms with E-state index in [1.807, 2.05) is 11.3 Å². The van der Waals surface area contributed by atoms with Gasteiger partial charge in [-0.15, -0.1) is 11.3 Å². The lowest BCUT2D eigenvalue weighted by Crippen LogP contribution is -2.12. The highest BCUT2D eigenvalue weighted by Crippen LogP contribution is 2.52. The zero-order valence-electron chi connectivity index (χ0n) is 31.7. The van der Waals surface area contributed by atoms with Crippen LogP contribution < -0.4 is 4.90 Å². The van der Waals surface area contributed by atoms with Crippen LogP contribution in [0.4, 0.5) is 17.1 Å². The molecule has 0 bridgehead atoms. The second-order valence-electron chi connectivity index (χ2n) is 14.8. The van der Waals surface area contributed by atoms with E-state index in [0.29, 0.717) is 0 Å². The average molecular weight is 756 g/mol. The first-order chi connectivity index (χ1) is 28.8. The van der Waals surface area contributed by atoms with Crippen LogP contribution >= 0.6 is 11.3 Å². The van der Waals surface area contributed by atoms with Gasteiger partial charge in [0.1, 0.15) is 0 Å². The van der Waals surface area contributed by atoms with E-state index in [-0.39, 0.29) is 0 Å². The van der Waals surface area contributed by atoms with E-state index in [2.05, 4.69) is 229 Å². The minimum absolute atomic E-state index is 1.10. The van der Waals surface area contributed by atoms with E-state index in [0.717, 1.165) is 11.4 Å². The van der Waals surface area contributed by atoms with Crippen molar-refractivity contribution in [1.29, 1.82) is 0 Å². The van der Waals surface area contributed by atoms with E-state index in [1.54, 1.807) is 0 Å². The number of fused-ring (bicyclic) bond motifs is 6. The molecule has 10 aromatic carbocycles. The number of anilines is 3. The van der Waals surface area contributed by atoms with Gasteiger partial charge in [-0.25, -0.2) is 0 Å². The highest BCUT2D eigenvalue weighted by atomic mass is 32.1.